The smallest absolute Gasteiger partial charge is 0.270 e. The van der Waals surface area contributed by atoms with E-state index in [1.54, 1.807) is 34.5 Å². The highest BCUT2D eigenvalue weighted by Gasteiger charge is 2.33. The van der Waals surface area contributed by atoms with Crippen LogP contribution in [0.2, 0.25) is 0 Å². The van der Waals surface area contributed by atoms with E-state index in [-0.39, 0.29) is 11.9 Å². The van der Waals surface area contributed by atoms with Gasteiger partial charge >= 0.3 is 0 Å². The van der Waals surface area contributed by atoms with E-state index in [4.69, 9.17) is 18.9 Å². The van der Waals surface area contributed by atoms with Crippen LogP contribution in [-0.2, 0) is 0 Å². The predicted molar refractivity (Wildman–Crippen MR) is 114 cm³/mol. The second-order valence-electron chi connectivity index (χ2n) is 7.24. The fraction of sp³-hybridized carbons (Fsp3) is 0.348. The van der Waals surface area contributed by atoms with Gasteiger partial charge in [0.2, 0.25) is 0 Å². The maximum absolute atomic E-state index is 13.4. The molecule has 4 rings (SSSR count). The molecule has 0 aliphatic carbocycles. The van der Waals surface area contributed by atoms with Gasteiger partial charge in [0.1, 0.15) is 28.7 Å². The molecule has 1 fully saturated rings. The van der Waals surface area contributed by atoms with Gasteiger partial charge in [0, 0.05) is 29.6 Å². The fourth-order valence-electron chi connectivity index (χ4n) is 4.16. The summed E-state index contributed by atoms with van der Waals surface area (Å²) in [6.07, 6.45) is 1.81. The van der Waals surface area contributed by atoms with Gasteiger partial charge in [-0.15, -0.1) is 0 Å². The largest absolute Gasteiger partial charge is 0.497 e. The first-order valence-corrected chi connectivity index (χ1v) is 9.87. The van der Waals surface area contributed by atoms with Gasteiger partial charge < -0.3 is 28.8 Å². The zero-order valence-electron chi connectivity index (χ0n) is 17.7. The van der Waals surface area contributed by atoms with E-state index >= 15 is 0 Å². The summed E-state index contributed by atoms with van der Waals surface area (Å²) < 4.78 is 21.7. The Morgan fingerprint density at radius 2 is 1.67 bits per heavy atom. The number of carbonyl (C=O) groups is 1. The van der Waals surface area contributed by atoms with Gasteiger partial charge in [-0.05, 0) is 37.1 Å². The Labute approximate surface area is 175 Å². The van der Waals surface area contributed by atoms with Crippen LogP contribution in [0.5, 0.6) is 23.0 Å². The molecule has 0 unspecified atom stereocenters. The number of fused-ring (bicyclic) bond motifs is 1. The lowest BCUT2D eigenvalue weighted by Crippen LogP contribution is -2.31. The fourth-order valence-corrected chi connectivity index (χ4v) is 4.16. The highest BCUT2D eigenvalue weighted by atomic mass is 16.5. The van der Waals surface area contributed by atoms with E-state index in [9.17, 15) is 4.79 Å². The Morgan fingerprint density at radius 3 is 2.37 bits per heavy atom. The lowest BCUT2D eigenvalue weighted by atomic mass is 10.0. The maximum Gasteiger partial charge on any atom is 0.270 e. The quantitative estimate of drug-likeness (QED) is 0.660. The molecule has 1 atom stereocenters. The van der Waals surface area contributed by atoms with E-state index in [1.807, 2.05) is 35.2 Å². The van der Waals surface area contributed by atoms with Crippen LogP contribution in [-0.4, -0.2) is 50.8 Å². The van der Waals surface area contributed by atoms with Crippen molar-refractivity contribution in [3.63, 3.8) is 0 Å². The Balaban J connectivity index is 1.69. The van der Waals surface area contributed by atoms with Crippen molar-refractivity contribution >= 4 is 16.8 Å². The molecule has 2 heterocycles. The second kappa shape index (κ2) is 8.18. The van der Waals surface area contributed by atoms with E-state index in [1.165, 1.54) is 0 Å². The number of carbonyl (C=O) groups excluding carboxylic acids is 1. The topological polar surface area (TPSA) is 73.0 Å². The SMILES string of the molecule is COc1ccc([C@@H]2CCCN2C(=O)c2cc3cc(OC)cc(OC)c3[nH]2)c(OC)c1. The Hall–Kier alpha value is -3.35. The van der Waals surface area contributed by atoms with Crippen molar-refractivity contribution in [2.45, 2.75) is 18.9 Å². The molecule has 0 radical (unpaired) electrons. The Bertz CT molecular complexity index is 1070. The number of hydrogen-bond acceptors (Lipinski definition) is 5. The third kappa shape index (κ3) is 3.40. The molecular weight excluding hydrogens is 384 g/mol. The van der Waals surface area contributed by atoms with Gasteiger partial charge in [0.15, 0.2) is 0 Å². The molecule has 1 amide bonds. The van der Waals surface area contributed by atoms with E-state index in [0.717, 1.165) is 40.8 Å². The molecule has 158 valence electrons. The minimum absolute atomic E-state index is 0.0485. The number of likely N-dealkylation sites (tertiary alicyclic amines) is 1. The van der Waals surface area contributed by atoms with Crippen LogP contribution < -0.4 is 18.9 Å². The van der Waals surface area contributed by atoms with Gasteiger partial charge in [-0.1, -0.05) is 0 Å². The highest BCUT2D eigenvalue weighted by molar-refractivity contribution is 6.00. The zero-order valence-corrected chi connectivity index (χ0v) is 17.7. The zero-order chi connectivity index (χ0) is 21.3. The minimum atomic E-state index is -0.0544. The van der Waals surface area contributed by atoms with Crippen molar-refractivity contribution < 1.29 is 23.7 Å². The number of amides is 1. The monoisotopic (exact) mass is 410 g/mol. The van der Waals surface area contributed by atoms with Crippen LogP contribution in [0.4, 0.5) is 0 Å². The molecule has 30 heavy (non-hydrogen) atoms. The number of H-pyrrole nitrogens is 1. The Kier molecular flexibility index (Phi) is 5.44. The number of nitrogens with zero attached hydrogens (tertiary/aromatic N) is 1. The predicted octanol–water partition coefficient (Wildman–Crippen LogP) is 4.18. The van der Waals surface area contributed by atoms with Crippen molar-refractivity contribution in [2.75, 3.05) is 35.0 Å². The van der Waals surface area contributed by atoms with Crippen molar-refractivity contribution in [1.82, 2.24) is 9.88 Å². The molecule has 0 spiro atoms. The average molecular weight is 410 g/mol. The minimum Gasteiger partial charge on any atom is -0.497 e. The van der Waals surface area contributed by atoms with Gasteiger partial charge in [-0.3, -0.25) is 4.79 Å². The number of methoxy groups -OCH3 is 4. The molecule has 1 saturated heterocycles. The summed E-state index contributed by atoms with van der Waals surface area (Å²) >= 11 is 0. The molecular formula is C23H26N2O5. The third-order valence-corrected chi connectivity index (χ3v) is 5.67. The molecule has 1 aliphatic rings. The first-order chi connectivity index (χ1) is 14.6. The highest BCUT2D eigenvalue weighted by Crippen LogP contribution is 2.40. The summed E-state index contributed by atoms with van der Waals surface area (Å²) in [7, 11) is 6.47. The number of aromatic amines is 1. The van der Waals surface area contributed by atoms with E-state index < -0.39 is 0 Å². The molecule has 1 aromatic heterocycles. The van der Waals surface area contributed by atoms with Crippen LogP contribution in [0.25, 0.3) is 10.9 Å². The molecule has 7 heteroatoms. The summed E-state index contributed by atoms with van der Waals surface area (Å²) in [5.74, 6) is 2.72. The van der Waals surface area contributed by atoms with Crippen molar-refractivity contribution in [1.29, 1.82) is 0 Å². The second-order valence-corrected chi connectivity index (χ2v) is 7.24. The molecule has 0 saturated carbocycles. The van der Waals surface area contributed by atoms with Crippen LogP contribution >= 0.6 is 0 Å². The molecule has 2 aromatic carbocycles. The molecule has 1 aliphatic heterocycles. The van der Waals surface area contributed by atoms with Crippen LogP contribution in [0.15, 0.2) is 36.4 Å². The third-order valence-electron chi connectivity index (χ3n) is 5.67. The summed E-state index contributed by atoms with van der Waals surface area (Å²) in [5.41, 5.74) is 2.29. The number of nitrogens with one attached hydrogen (secondary N) is 1. The van der Waals surface area contributed by atoms with E-state index in [0.29, 0.717) is 23.7 Å². The number of benzene rings is 2. The lowest BCUT2D eigenvalue weighted by molar-refractivity contribution is 0.0729. The number of aromatic nitrogens is 1. The van der Waals surface area contributed by atoms with E-state index in [2.05, 4.69) is 4.98 Å². The summed E-state index contributed by atoms with van der Waals surface area (Å²) in [6, 6.07) is 11.2. The molecule has 1 N–H and O–H groups in total. The van der Waals surface area contributed by atoms with Crippen molar-refractivity contribution in [2.24, 2.45) is 0 Å². The van der Waals surface area contributed by atoms with Crippen LogP contribution in [0.3, 0.4) is 0 Å². The average Bonchev–Trinajstić information content (AvgIpc) is 3.44. The van der Waals surface area contributed by atoms with Crippen molar-refractivity contribution in [3.8, 4) is 23.0 Å². The molecule has 3 aromatic rings. The summed E-state index contributed by atoms with van der Waals surface area (Å²) in [6.45, 7) is 0.689. The lowest BCUT2D eigenvalue weighted by Gasteiger charge is -2.26. The summed E-state index contributed by atoms with van der Waals surface area (Å²) in [4.78, 5) is 18.6. The number of ether oxygens (including phenoxy) is 4. The van der Waals surface area contributed by atoms with Crippen LogP contribution in [0, 0.1) is 0 Å². The first-order valence-electron chi connectivity index (χ1n) is 9.87. The van der Waals surface area contributed by atoms with Crippen molar-refractivity contribution in [3.05, 3.63) is 47.7 Å². The first kappa shape index (κ1) is 19.9. The summed E-state index contributed by atoms with van der Waals surface area (Å²) in [5, 5.41) is 0.868. The standard InChI is InChI=1S/C23H26N2O5/c1-27-15-7-8-17(20(12-15)29-3)19-6-5-9-25(19)23(26)18-11-14-10-16(28-2)13-21(30-4)22(14)24-18/h7-8,10-13,19,24H,5-6,9H2,1-4H3/t19-/m0/s1. The van der Waals surface area contributed by atoms with Gasteiger partial charge in [0.05, 0.1) is 40.0 Å². The van der Waals surface area contributed by atoms with Gasteiger partial charge in [-0.2, -0.15) is 0 Å². The molecule has 0 bridgehead atoms. The Morgan fingerprint density at radius 1 is 0.933 bits per heavy atom. The number of rotatable bonds is 6. The maximum atomic E-state index is 13.4. The normalized spacial score (nSPS) is 16.0. The molecule has 7 nitrogen and oxygen atoms in total. The van der Waals surface area contributed by atoms with Gasteiger partial charge in [-0.25, -0.2) is 0 Å². The number of hydrogen-bond donors (Lipinski definition) is 1. The van der Waals surface area contributed by atoms with Crippen LogP contribution in [0.1, 0.15) is 34.9 Å². The van der Waals surface area contributed by atoms with Gasteiger partial charge in [0.25, 0.3) is 5.91 Å².